The molecule has 0 bridgehead atoms. The number of carboxylic acid groups (broad SMARTS) is 1. The molecule has 0 aliphatic carbocycles. The molecule has 18 heavy (non-hydrogen) atoms. The van der Waals surface area contributed by atoms with E-state index in [-0.39, 0.29) is 30.7 Å². The minimum absolute atomic E-state index is 0.0544. The van der Waals surface area contributed by atoms with E-state index in [0.717, 1.165) is 0 Å². The zero-order valence-corrected chi connectivity index (χ0v) is 10.7. The summed E-state index contributed by atoms with van der Waals surface area (Å²) in [5, 5.41) is 11.1. The van der Waals surface area contributed by atoms with Gasteiger partial charge < -0.3 is 20.2 Å². The highest BCUT2D eigenvalue weighted by Crippen LogP contribution is 2.20. The smallest absolute Gasteiger partial charge is 0.319 e. The molecule has 0 aromatic carbocycles. The van der Waals surface area contributed by atoms with Crippen molar-refractivity contribution in [2.75, 3.05) is 33.7 Å². The third kappa shape index (κ3) is 3.90. The van der Waals surface area contributed by atoms with Gasteiger partial charge in [-0.2, -0.15) is 0 Å². The van der Waals surface area contributed by atoms with Crippen molar-refractivity contribution in [3.8, 4) is 0 Å². The Morgan fingerprint density at radius 3 is 2.50 bits per heavy atom. The fraction of sp³-hybridized carbons (Fsp3) is 0.727. The summed E-state index contributed by atoms with van der Waals surface area (Å²) >= 11 is 0. The highest BCUT2D eigenvalue weighted by atomic mass is 16.4. The molecule has 1 saturated heterocycles. The second kappa shape index (κ2) is 6.23. The van der Waals surface area contributed by atoms with Crippen molar-refractivity contribution in [1.82, 2.24) is 15.1 Å². The van der Waals surface area contributed by atoms with Crippen LogP contribution in [-0.4, -0.2) is 66.5 Å². The van der Waals surface area contributed by atoms with Gasteiger partial charge in [0.15, 0.2) is 0 Å². The molecule has 2 N–H and O–H groups in total. The average Bonchev–Trinajstić information content (AvgIpc) is 2.28. The SMILES string of the molecule is CNC(=O)CCN(C)C(=O)N1CC(CC(=O)O)C1. The van der Waals surface area contributed by atoms with Gasteiger partial charge in [-0.3, -0.25) is 9.59 Å². The van der Waals surface area contributed by atoms with Crippen LogP contribution in [0, 0.1) is 5.92 Å². The molecule has 0 radical (unpaired) electrons. The number of rotatable bonds is 5. The summed E-state index contributed by atoms with van der Waals surface area (Å²) in [6.45, 7) is 1.32. The van der Waals surface area contributed by atoms with Crippen molar-refractivity contribution in [3.05, 3.63) is 0 Å². The van der Waals surface area contributed by atoms with Crippen molar-refractivity contribution >= 4 is 17.9 Å². The van der Waals surface area contributed by atoms with E-state index in [1.165, 1.54) is 4.90 Å². The quantitative estimate of drug-likeness (QED) is 0.700. The van der Waals surface area contributed by atoms with Crippen LogP contribution in [0.25, 0.3) is 0 Å². The molecule has 0 spiro atoms. The summed E-state index contributed by atoms with van der Waals surface area (Å²) in [6.07, 6.45) is 0.372. The molecule has 1 rings (SSSR count). The van der Waals surface area contributed by atoms with Crippen LogP contribution in [0.3, 0.4) is 0 Å². The van der Waals surface area contributed by atoms with E-state index in [9.17, 15) is 14.4 Å². The van der Waals surface area contributed by atoms with Gasteiger partial charge in [-0.15, -0.1) is 0 Å². The second-order valence-corrected chi connectivity index (χ2v) is 4.50. The fourth-order valence-corrected chi connectivity index (χ4v) is 1.83. The standard InChI is InChI=1S/C11H19N3O4/c1-12-9(15)3-4-13(2)11(18)14-6-8(7-14)5-10(16)17/h8H,3-7H2,1-2H3,(H,12,15)(H,16,17). The lowest BCUT2D eigenvalue weighted by Gasteiger charge is -2.40. The van der Waals surface area contributed by atoms with Gasteiger partial charge in [0.05, 0.1) is 6.42 Å². The number of urea groups is 1. The Labute approximate surface area is 106 Å². The van der Waals surface area contributed by atoms with Crippen LogP contribution in [0.15, 0.2) is 0 Å². The van der Waals surface area contributed by atoms with Crippen LogP contribution in [0.1, 0.15) is 12.8 Å². The summed E-state index contributed by atoms with van der Waals surface area (Å²) < 4.78 is 0. The largest absolute Gasteiger partial charge is 0.481 e. The highest BCUT2D eigenvalue weighted by Gasteiger charge is 2.33. The van der Waals surface area contributed by atoms with Crippen LogP contribution >= 0.6 is 0 Å². The number of carbonyl (C=O) groups is 3. The van der Waals surface area contributed by atoms with E-state index in [1.807, 2.05) is 0 Å². The first-order valence-corrected chi connectivity index (χ1v) is 5.86. The zero-order chi connectivity index (χ0) is 13.7. The lowest BCUT2D eigenvalue weighted by Crippen LogP contribution is -2.54. The number of carbonyl (C=O) groups excluding carboxylic acids is 2. The number of hydrogen-bond acceptors (Lipinski definition) is 3. The highest BCUT2D eigenvalue weighted by molar-refractivity contribution is 5.78. The summed E-state index contributed by atoms with van der Waals surface area (Å²) in [5.74, 6) is -0.888. The van der Waals surface area contributed by atoms with E-state index in [4.69, 9.17) is 5.11 Å². The second-order valence-electron chi connectivity index (χ2n) is 4.50. The Hall–Kier alpha value is -1.79. The molecule has 0 atom stereocenters. The number of aliphatic carboxylic acids is 1. The number of nitrogens with one attached hydrogen (secondary N) is 1. The minimum Gasteiger partial charge on any atom is -0.481 e. The van der Waals surface area contributed by atoms with Crippen molar-refractivity contribution in [2.45, 2.75) is 12.8 Å². The van der Waals surface area contributed by atoms with Gasteiger partial charge in [-0.05, 0) is 0 Å². The predicted molar refractivity (Wildman–Crippen MR) is 64.0 cm³/mol. The third-order valence-corrected chi connectivity index (χ3v) is 2.97. The molecule has 102 valence electrons. The van der Waals surface area contributed by atoms with Crippen LogP contribution < -0.4 is 5.32 Å². The third-order valence-electron chi connectivity index (χ3n) is 2.97. The van der Waals surface area contributed by atoms with E-state index in [1.54, 1.807) is 19.0 Å². The molecule has 1 aliphatic heterocycles. The van der Waals surface area contributed by atoms with Gasteiger partial charge in [-0.1, -0.05) is 0 Å². The van der Waals surface area contributed by atoms with Crippen LogP contribution in [0.2, 0.25) is 0 Å². The Bertz CT molecular complexity index is 339. The Morgan fingerprint density at radius 1 is 1.39 bits per heavy atom. The van der Waals surface area contributed by atoms with E-state index in [0.29, 0.717) is 19.6 Å². The average molecular weight is 257 g/mol. The van der Waals surface area contributed by atoms with Gasteiger partial charge in [0.1, 0.15) is 0 Å². The van der Waals surface area contributed by atoms with Gasteiger partial charge in [-0.25, -0.2) is 4.79 Å². The number of amides is 3. The zero-order valence-electron chi connectivity index (χ0n) is 10.7. The molecule has 7 heteroatoms. The Morgan fingerprint density at radius 2 is 2.00 bits per heavy atom. The molecule has 7 nitrogen and oxygen atoms in total. The first-order valence-electron chi connectivity index (χ1n) is 5.86. The Balaban J connectivity index is 2.25. The van der Waals surface area contributed by atoms with Gasteiger partial charge in [0, 0.05) is 46.1 Å². The first kappa shape index (κ1) is 14.3. The topological polar surface area (TPSA) is 90.0 Å². The van der Waals surface area contributed by atoms with Crippen molar-refractivity contribution in [2.24, 2.45) is 5.92 Å². The van der Waals surface area contributed by atoms with Gasteiger partial charge >= 0.3 is 12.0 Å². The summed E-state index contributed by atoms with van der Waals surface area (Å²) in [4.78, 5) is 36.4. The van der Waals surface area contributed by atoms with Crippen molar-refractivity contribution in [1.29, 1.82) is 0 Å². The maximum atomic E-state index is 11.8. The van der Waals surface area contributed by atoms with Crippen molar-refractivity contribution in [3.63, 3.8) is 0 Å². The lowest BCUT2D eigenvalue weighted by molar-refractivity contribution is -0.139. The summed E-state index contributed by atoms with van der Waals surface area (Å²) in [5.41, 5.74) is 0. The number of carboxylic acids is 1. The Kier molecular flexibility index (Phi) is 4.94. The predicted octanol–water partition coefficient (Wildman–Crippen LogP) is -0.419. The van der Waals surface area contributed by atoms with Crippen LogP contribution in [0.4, 0.5) is 4.79 Å². The first-order chi connectivity index (χ1) is 8.43. The summed E-state index contributed by atoms with van der Waals surface area (Å²) in [7, 11) is 3.19. The van der Waals surface area contributed by atoms with Crippen LogP contribution in [0.5, 0.6) is 0 Å². The van der Waals surface area contributed by atoms with E-state index < -0.39 is 5.97 Å². The maximum absolute atomic E-state index is 11.8. The fourth-order valence-electron chi connectivity index (χ4n) is 1.83. The minimum atomic E-state index is -0.833. The number of hydrogen-bond donors (Lipinski definition) is 2. The van der Waals surface area contributed by atoms with E-state index in [2.05, 4.69) is 5.32 Å². The molecule has 1 heterocycles. The van der Waals surface area contributed by atoms with E-state index >= 15 is 0 Å². The molecule has 0 unspecified atom stereocenters. The number of likely N-dealkylation sites (tertiary alicyclic amines) is 1. The molecule has 0 aromatic rings. The molecule has 1 aliphatic rings. The van der Waals surface area contributed by atoms with Gasteiger partial charge in [0.25, 0.3) is 0 Å². The molecule has 1 fully saturated rings. The molecule has 0 aromatic heterocycles. The normalized spacial score (nSPS) is 14.9. The van der Waals surface area contributed by atoms with Gasteiger partial charge in [0.2, 0.25) is 5.91 Å². The van der Waals surface area contributed by atoms with Crippen molar-refractivity contribution < 1.29 is 19.5 Å². The molecular formula is C11H19N3O4. The molecule has 3 amide bonds. The monoisotopic (exact) mass is 257 g/mol. The maximum Gasteiger partial charge on any atom is 0.319 e. The lowest BCUT2D eigenvalue weighted by atomic mass is 9.97. The summed E-state index contributed by atoms with van der Waals surface area (Å²) in [6, 6.07) is -0.152. The number of nitrogens with zero attached hydrogens (tertiary/aromatic N) is 2. The molecular weight excluding hydrogens is 238 g/mol. The van der Waals surface area contributed by atoms with Crippen LogP contribution in [-0.2, 0) is 9.59 Å². The molecule has 0 saturated carbocycles.